The van der Waals surface area contributed by atoms with Gasteiger partial charge in [0.05, 0.1) is 24.9 Å². The van der Waals surface area contributed by atoms with Crippen molar-refractivity contribution in [2.75, 3.05) is 32.2 Å². The smallest absolute Gasteiger partial charge is 0.308 e. The molecule has 1 aliphatic heterocycles. The average Bonchev–Trinajstić information content (AvgIpc) is 3.23. The van der Waals surface area contributed by atoms with Gasteiger partial charge in [-0.1, -0.05) is 6.07 Å². The van der Waals surface area contributed by atoms with Crippen LogP contribution in [0.25, 0.3) is 10.9 Å². The van der Waals surface area contributed by atoms with Crippen LogP contribution in [0.3, 0.4) is 0 Å². The summed E-state index contributed by atoms with van der Waals surface area (Å²) < 4.78 is 24.4. The predicted molar refractivity (Wildman–Crippen MR) is 140 cm³/mol. The molecule has 4 aromatic rings. The van der Waals surface area contributed by atoms with Crippen LogP contribution in [0.5, 0.6) is 23.0 Å². The number of carbonyl (C=O) groups is 2. The van der Waals surface area contributed by atoms with Crippen LogP contribution < -0.4 is 23.8 Å². The Morgan fingerprint density at radius 1 is 1.03 bits per heavy atom. The molecular formula is C29H28N2O6. The quantitative estimate of drug-likeness (QED) is 0.277. The first-order valence-electron chi connectivity index (χ1n) is 12.0. The Kier molecular flexibility index (Phi) is 6.48. The molecule has 0 radical (unpaired) electrons. The van der Waals surface area contributed by atoms with Crippen LogP contribution in [-0.4, -0.2) is 49.9 Å². The Morgan fingerprint density at radius 3 is 2.51 bits per heavy atom. The van der Waals surface area contributed by atoms with Crippen molar-refractivity contribution >= 4 is 28.5 Å². The predicted octanol–water partition coefficient (Wildman–Crippen LogP) is 4.85. The monoisotopic (exact) mass is 500 g/mol. The van der Waals surface area contributed by atoms with E-state index in [0.29, 0.717) is 41.1 Å². The van der Waals surface area contributed by atoms with Crippen LogP contribution in [-0.2, 0) is 4.79 Å². The van der Waals surface area contributed by atoms with Gasteiger partial charge in [-0.25, -0.2) is 0 Å². The number of hydrogen-bond donors (Lipinski definition) is 0. The summed E-state index contributed by atoms with van der Waals surface area (Å²) >= 11 is 0. The normalized spacial score (nSPS) is 14.6. The van der Waals surface area contributed by atoms with Crippen molar-refractivity contribution in [3.63, 3.8) is 0 Å². The van der Waals surface area contributed by atoms with E-state index in [0.717, 1.165) is 22.9 Å². The second kappa shape index (κ2) is 9.89. The van der Waals surface area contributed by atoms with Crippen molar-refractivity contribution in [3.8, 4) is 23.0 Å². The zero-order chi connectivity index (χ0) is 26.1. The maximum absolute atomic E-state index is 13.4. The van der Waals surface area contributed by atoms with Gasteiger partial charge in [-0.15, -0.1) is 0 Å². The summed E-state index contributed by atoms with van der Waals surface area (Å²) in [6, 6.07) is 20.0. The fourth-order valence-corrected chi connectivity index (χ4v) is 4.60. The number of aromatic nitrogens is 1. The molecule has 8 heteroatoms. The van der Waals surface area contributed by atoms with Gasteiger partial charge in [0.25, 0.3) is 5.91 Å². The molecule has 3 aromatic carbocycles. The summed E-state index contributed by atoms with van der Waals surface area (Å²) in [5.74, 6) is 1.98. The lowest BCUT2D eigenvalue weighted by Gasteiger charge is -2.33. The molecule has 0 N–H and O–H groups in total. The van der Waals surface area contributed by atoms with Gasteiger partial charge in [-0.05, 0) is 61.5 Å². The van der Waals surface area contributed by atoms with Crippen molar-refractivity contribution in [1.29, 1.82) is 0 Å². The Morgan fingerprint density at radius 2 is 1.78 bits per heavy atom. The van der Waals surface area contributed by atoms with E-state index in [1.807, 2.05) is 44.3 Å². The summed E-state index contributed by atoms with van der Waals surface area (Å²) in [6.07, 6.45) is -0.161. The van der Waals surface area contributed by atoms with Crippen molar-refractivity contribution in [3.05, 3.63) is 78.0 Å². The molecule has 0 amide bonds. The third-order valence-electron chi connectivity index (χ3n) is 6.33. The number of fused-ring (bicyclic) bond motifs is 2. The Hall–Kier alpha value is -4.46. The highest BCUT2D eigenvalue weighted by atomic mass is 16.5. The summed E-state index contributed by atoms with van der Waals surface area (Å²) in [5, 5.41) is 0.708. The fraction of sp³-hybridized carbons (Fsp3) is 0.241. The lowest BCUT2D eigenvalue weighted by molar-refractivity contribution is -0.131. The first-order valence-corrected chi connectivity index (χ1v) is 12.0. The van der Waals surface area contributed by atoms with Crippen molar-refractivity contribution < 1.29 is 28.5 Å². The summed E-state index contributed by atoms with van der Waals surface area (Å²) in [5.41, 5.74) is 2.95. The first-order chi connectivity index (χ1) is 17.8. The van der Waals surface area contributed by atoms with E-state index in [4.69, 9.17) is 18.9 Å². The third-order valence-corrected chi connectivity index (χ3v) is 6.33. The SMILES string of the molecule is COc1ccc2c(c1)O[C@H](COc1ccc(C(=O)n3c(C)cc4c(OC(C)=O)cccc43)cc1)CN2C. The van der Waals surface area contributed by atoms with Gasteiger partial charge in [-0.3, -0.25) is 14.2 Å². The van der Waals surface area contributed by atoms with Crippen LogP contribution >= 0.6 is 0 Å². The van der Waals surface area contributed by atoms with E-state index < -0.39 is 5.97 Å². The van der Waals surface area contributed by atoms with Gasteiger partial charge in [0, 0.05) is 36.7 Å². The number of carbonyl (C=O) groups excluding carboxylic acids is 2. The summed E-state index contributed by atoms with van der Waals surface area (Å²) in [7, 11) is 3.65. The number of methoxy groups -OCH3 is 1. The number of rotatable bonds is 6. The Labute approximate surface area is 214 Å². The number of benzene rings is 3. The Balaban J connectivity index is 1.29. The van der Waals surface area contributed by atoms with Gasteiger partial charge >= 0.3 is 5.97 Å². The van der Waals surface area contributed by atoms with Crippen LogP contribution in [0.4, 0.5) is 5.69 Å². The van der Waals surface area contributed by atoms with E-state index in [1.165, 1.54) is 6.92 Å². The van der Waals surface area contributed by atoms with Crippen LogP contribution in [0.15, 0.2) is 66.7 Å². The average molecular weight is 501 g/mol. The molecule has 2 heterocycles. The molecule has 1 atom stereocenters. The number of likely N-dealkylation sites (N-methyl/N-ethyl adjacent to an activating group) is 1. The van der Waals surface area contributed by atoms with E-state index in [1.54, 1.807) is 48.1 Å². The number of nitrogens with zero attached hydrogens (tertiary/aromatic N) is 2. The molecule has 1 aromatic heterocycles. The molecule has 0 saturated heterocycles. The topological polar surface area (TPSA) is 79.2 Å². The van der Waals surface area contributed by atoms with Crippen molar-refractivity contribution in [2.45, 2.75) is 20.0 Å². The zero-order valence-electron chi connectivity index (χ0n) is 21.2. The van der Waals surface area contributed by atoms with Gasteiger partial charge in [0.1, 0.15) is 35.7 Å². The second-order valence-electron chi connectivity index (χ2n) is 9.00. The minimum Gasteiger partial charge on any atom is -0.497 e. The highest BCUT2D eigenvalue weighted by Gasteiger charge is 2.25. The van der Waals surface area contributed by atoms with E-state index >= 15 is 0 Å². The van der Waals surface area contributed by atoms with Gasteiger partial charge in [-0.2, -0.15) is 0 Å². The molecule has 0 aliphatic carbocycles. The standard InChI is InChI=1S/C29H28N2O6/c1-18-14-24-25(6-5-7-27(24)36-19(2)32)31(18)29(33)20-8-10-21(11-9-20)35-17-23-16-30(3)26-13-12-22(34-4)15-28(26)37-23/h5-15,23H,16-17H2,1-4H3/t23-/m0/s1. The fourth-order valence-electron chi connectivity index (χ4n) is 4.60. The minimum absolute atomic E-state index is 0.161. The Bertz CT molecular complexity index is 1470. The van der Waals surface area contributed by atoms with Gasteiger partial charge in [0.15, 0.2) is 0 Å². The van der Waals surface area contributed by atoms with Gasteiger partial charge < -0.3 is 23.8 Å². The van der Waals surface area contributed by atoms with E-state index in [2.05, 4.69) is 4.90 Å². The second-order valence-corrected chi connectivity index (χ2v) is 9.00. The maximum Gasteiger partial charge on any atom is 0.308 e. The molecule has 8 nitrogen and oxygen atoms in total. The number of hydrogen-bond acceptors (Lipinski definition) is 7. The molecule has 0 spiro atoms. The van der Waals surface area contributed by atoms with Crippen molar-refractivity contribution in [2.24, 2.45) is 0 Å². The largest absolute Gasteiger partial charge is 0.497 e. The molecule has 0 fully saturated rings. The minimum atomic E-state index is -0.408. The molecule has 0 unspecified atom stereocenters. The molecule has 5 rings (SSSR count). The number of esters is 1. The first kappa shape index (κ1) is 24.2. The zero-order valence-corrected chi connectivity index (χ0v) is 21.2. The van der Waals surface area contributed by atoms with Crippen molar-refractivity contribution in [1.82, 2.24) is 4.57 Å². The highest BCUT2D eigenvalue weighted by molar-refractivity contribution is 6.04. The summed E-state index contributed by atoms with van der Waals surface area (Å²) in [4.78, 5) is 27.0. The lowest BCUT2D eigenvalue weighted by Crippen LogP contribution is -2.41. The maximum atomic E-state index is 13.4. The molecular weight excluding hydrogens is 472 g/mol. The van der Waals surface area contributed by atoms with Gasteiger partial charge in [0.2, 0.25) is 0 Å². The molecule has 0 saturated carbocycles. The molecule has 190 valence electrons. The van der Waals surface area contributed by atoms with E-state index in [9.17, 15) is 9.59 Å². The van der Waals surface area contributed by atoms with Crippen LogP contribution in [0, 0.1) is 6.92 Å². The molecule has 37 heavy (non-hydrogen) atoms. The molecule has 1 aliphatic rings. The number of anilines is 1. The third kappa shape index (κ3) is 4.82. The summed E-state index contributed by atoms with van der Waals surface area (Å²) in [6.45, 7) is 4.24. The van der Waals surface area contributed by atoms with Crippen LogP contribution in [0.2, 0.25) is 0 Å². The number of ether oxygens (including phenoxy) is 4. The molecule has 0 bridgehead atoms. The van der Waals surface area contributed by atoms with E-state index in [-0.39, 0.29) is 12.0 Å². The van der Waals surface area contributed by atoms with Crippen LogP contribution in [0.1, 0.15) is 23.0 Å². The highest BCUT2D eigenvalue weighted by Crippen LogP contribution is 2.36. The number of aryl methyl sites for hydroxylation is 1. The lowest BCUT2D eigenvalue weighted by atomic mass is 10.2.